The molecule has 2 nitrogen and oxygen atoms in total. The van der Waals surface area contributed by atoms with Gasteiger partial charge in [-0.3, -0.25) is 9.59 Å². The van der Waals surface area contributed by atoms with E-state index >= 15 is 0 Å². The van der Waals surface area contributed by atoms with Crippen LogP contribution in [0.15, 0.2) is 54.2 Å². The van der Waals surface area contributed by atoms with Gasteiger partial charge >= 0.3 is 0 Å². The molecule has 118 valence electrons. The average molecular weight is 306 g/mol. The molecule has 0 aliphatic heterocycles. The van der Waals surface area contributed by atoms with Crippen molar-refractivity contribution in [3.63, 3.8) is 0 Å². The molecular formula is C21H22O2. The first kappa shape index (κ1) is 15.7. The Kier molecular flexibility index (Phi) is 5.02. The Morgan fingerprint density at radius 1 is 0.913 bits per heavy atom. The third kappa shape index (κ3) is 3.95. The summed E-state index contributed by atoms with van der Waals surface area (Å²) in [5, 5.41) is 0. The number of Topliss-reactive ketones (excluding diaryl/α,β-unsaturated/α-hetero) is 2. The minimum absolute atomic E-state index is 0.0521. The molecule has 0 saturated carbocycles. The summed E-state index contributed by atoms with van der Waals surface area (Å²) in [6.45, 7) is 0. The Hall–Kier alpha value is -2.22. The number of carbonyl (C=O) groups is 2. The molecule has 0 heterocycles. The second kappa shape index (κ2) is 7.36. The van der Waals surface area contributed by atoms with Gasteiger partial charge in [0.2, 0.25) is 0 Å². The highest BCUT2D eigenvalue weighted by Crippen LogP contribution is 2.23. The maximum absolute atomic E-state index is 12.4. The number of aryl methyl sites for hydroxylation is 2. The lowest BCUT2D eigenvalue weighted by atomic mass is 9.89. The SMILES string of the molecule is O=C(CCC(=O)c1ccc2c(c1)CCCC2)C1=CCC=CC=C1. The van der Waals surface area contributed by atoms with E-state index in [1.807, 2.05) is 42.5 Å². The summed E-state index contributed by atoms with van der Waals surface area (Å²) in [6, 6.07) is 6.05. The number of hydrogen-bond donors (Lipinski definition) is 0. The van der Waals surface area contributed by atoms with Crippen molar-refractivity contribution in [2.75, 3.05) is 0 Å². The van der Waals surface area contributed by atoms with E-state index in [0.29, 0.717) is 5.57 Å². The number of carbonyl (C=O) groups excluding carboxylic acids is 2. The van der Waals surface area contributed by atoms with E-state index in [1.54, 1.807) is 0 Å². The summed E-state index contributed by atoms with van der Waals surface area (Å²) in [6.07, 6.45) is 15.6. The van der Waals surface area contributed by atoms with Gasteiger partial charge in [0.1, 0.15) is 0 Å². The highest BCUT2D eigenvalue weighted by molar-refractivity contribution is 6.03. The molecule has 1 aromatic carbocycles. The van der Waals surface area contributed by atoms with Crippen molar-refractivity contribution < 1.29 is 9.59 Å². The zero-order valence-electron chi connectivity index (χ0n) is 13.4. The van der Waals surface area contributed by atoms with Gasteiger partial charge < -0.3 is 0 Å². The van der Waals surface area contributed by atoms with E-state index in [0.717, 1.165) is 24.8 Å². The Morgan fingerprint density at radius 3 is 2.57 bits per heavy atom. The first-order valence-corrected chi connectivity index (χ1v) is 8.45. The number of rotatable bonds is 5. The second-order valence-electron chi connectivity index (χ2n) is 6.22. The Labute approximate surface area is 137 Å². The van der Waals surface area contributed by atoms with E-state index < -0.39 is 0 Å². The van der Waals surface area contributed by atoms with Crippen LogP contribution in [-0.4, -0.2) is 11.6 Å². The van der Waals surface area contributed by atoms with Gasteiger partial charge in [0.25, 0.3) is 0 Å². The maximum Gasteiger partial charge on any atom is 0.163 e. The summed E-state index contributed by atoms with van der Waals surface area (Å²) in [7, 11) is 0. The summed E-state index contributed by atoms with van der Waals surface area (Å²) in [5.41, 5.74) is 4.16. The number of fused-ring (bicyclic) bond motifs is 1. The van der Waals surface area contributed by atoms with Gasteiger partial charge in [-0.05, 0) is 49.3 Å². The van der Waals surface area contributed by atoms with E-state index in [1.165, 1.54) is 24.0 Å². The van der Waals surface area contributed by atoms with Crippen LogP contribution in [0.3, 0.4) is 0 Å². The third-order valence-corrected chi connectivity index (χ3v) is 4.57. The maximum atomic E-state index is 12.4. The molecule has 0 unspecified atom stereocenters. The molecule has 1 aromatic rings. The fourth-order valence-electron chi connectivity index (χ4n) is 3.21. The molecule has 2 aliphatic carbocycles. The molecule has 0 fully saturated rings. The number of benzene rings is 1. The van der Waals surface area contributed by atoms with Gasteiger partial charge in [-0.25, -0.2) is 0 Å². The molecule has 0 saturated heterocycles. The van der Waals surface area contributed by atoms with Gasteiger partial charge in [0.15, 0.2) is 11.6 Å². The predicted molar refractivity (Wildman–Crippen MR) is 92.6 cm³/mol. The highest BCUT2D eigenvalue weighted by Gasteiger charge is 2.15. The van der Waals surface area contributed by atoms with Crippen LogP contribution in [0.25, 0.3) is 0 Å². The minimum atomic E-state index is 0.0521. The first-order valence-electron chi connectivity index (χ1n) is 8.45. The van der Waals surface area contributed by atoms with Crippen LogP contribution in [0.1, 0.15) is 53.6 Å². The minimum Gasteiger partial charge on any atom is -0.294 e. The fourth-order valence-corrected chi connectivity index (χ4v) is 3.21. The molecule has 3 rings (SSSR count). The lowest BCUT2D eigenvalue weighted by molar-refractivity contribution is -0.115. The first-order chi connectivity index (χ1) is 11.2. The molecule has 0 N–H and O–H groups in total. The zero-order chi connectivity index (χ0) is 16.1. The van der Waals surface area contributed by atoms with Crippen molar-refractivity contribution in [1.29, 1.82) is 0 Å². The number of hydrogen-bond acceptors (Lipinski definition) is 2. The van der Waals surface area contributed by atoms with Gasteiger partial charge in [-0.15, -0.1) is 0 Å². The zero-order valence-corrected chi connectivity index (χ0v) is 13.4. The van der Waals surface area contributed by atoms with E-state index in [9.17, 15) is 9.59 Å². The van der Waals surface area contributed by atoms with E-state index in [-0.39, 0.29) is 24.4 Å². The van der Waals surface area contributed by atoms with Crippen molar-refractivity contribution in [2.24, 2.45) is 0 Å². The van der Waals surface area contributed by atoms with Crippen molar-refractivity contribution in [3.8, 4) is 0 Å². The number of allylic oxidation sites excluding steroid dienone is 6. The monoisotopic (exact) mass is 306 g/mol. The lowest BCUT2D eigenvalue weighted by Gasteiger charge is -2.16. The molecule has 0 radical (unpaired) electrons. The molecule has 0 atom stereocenters. The second-order valence-corrected chi connectivity index (χ2v) is 6.22. The third-order valence-electron chi connectivity index (χ3n) is 4.57. The van der Waals surface area contributed by atoms with Crippen molar-refractivity contribution in [1.82, 2.24) is 0 Å². The van der Waals surface area contributed by atoms with Crippen molar-refractivity contribution >= 4 is 11.6 Å². The molecule has 2 aliphatic rings. The van der Waals surface area contributed by atoms with Gasteiger partial charge in [-0.1, -0.05) is 42.5 Å². The topological polar surface area (TPSA) is 34.1 Å². The summed E-state index contributed by atoms with van der Waals surface area (Å²) in [5.74, 6) is 0.124. The molecular weight excluding hydrogens is 284 g/mol. The molecule has 0 amide bonds. The normalized spacial score (nSPS) is 16.4. The van der Waals surface area contributed by atoms with Crippen LogP contribution in [0.2, 0.25) is 0 Å². The fraction of sp³-hybridized carbons (Fsp3) is 0.333. The van der Waals surface area contributed by atoms with Crippen molar-refractivity contribution in [2.45, 2.75) is 44.9 Å². The standard InChI is InChI=1S/C21H22O2/c22-20(17-8-3-1-2-4-9-17)13-14-21(23)19-12-11-16-7-5-6-10-18(16)15-19/h1-3,8-9,11-12,15H,4-7,10,13-14H2. The number of ketones is 2. The van der Waals surface area contributed by atoms with Crippen LogP contribution in [0.5, 0.6) is 0 Å². The molecule has 0 bridgehead atoms. The highest BCUT2D eigenvalue weighted by atomic mass is 16.1. The van der Waals surface area contributed by atoms with Crippen LogP contribution in [0.4, 0.5) is 0 Å². The Bertz CT molecular complexity index is 705. The van der Waals surface area contributed by atoms with Crippen LogP contribution in [0, 0.1) is 0 Å². The molecule has 23 heavy (non-hydrogen) atoms. The van der Waals surface area contributed by atoms with Crippen LogP contribution in [-0.2, 0) is 17.6 Å². The van der Waals surface area contributed by atoms with Gasteiger partial charge in [0.05, 0.1) is 0 Å². The summed E-state index contributed by atoms with van der Waals surface area (Å²) < 4.78 is 0. The van der Waals surface area contributed by atoms with E-state index in [4.69, 9.17) is 0 Å². The molecule has 0 aromatic heterocycles. The Balaban J connectivity index is 1.61. The van der Waals surface area contributed by atoms with Gasteiger partial charge in [-0.2, -0.15) is 0 Å². The van der Waals surface area contributed by atoms with Crippen LogP contribution < -0.4 is 0 Å². The van der Waals surface area contributed by atoms with Crippen LogP contribution >= 0.6 is 0 Å². The average Bonchev–Trinajstić information content (AvgIpc) is 2.88. The smallest absolute Gasteiger partial charge is 0.163 e. The van der Waals surface area contributed by atoms with E-state index in [2.05, 4.69) is 6.07 Å². The predicted octanol–water partition coefficient (Wildman–Crippen LogP) is 4.54. The molecule has 0 spiro atoms. The molecule has 2 heteroatoms. The summed E-state index contributed by atoms with van der Waals surface area (Å²) >= 11 is 0. The Morgan fingerprint density at radius 2 is 1.70 bits per heavy atom. The quantitative estimate of drug-likeness (QED) is 0.748. The summed E-state index contributed by atoms with van der Waals surface area (Å²) in [4.78, 5) is 24.6. The van der Waals surface area contributed by atoms with Gasteiger partial charge in [0, 0.05) is 24.0 Å². The lowest BCUT2D eigenvalue weighted by Crippen LogP contribution is -2.08. The van der Waals surface area contributed by atoms with Crippen molar-refractivity contribution in [3.05, 3.63) is 70.8 Å². The largest absolute Gasteiger partial charge is 0.294 e.